The largest absolute Gasteiger partial charge is 0.478 e. The van der Waals surface area contributed by atoms with Crippen LogP contribution in [0.3, 0.4) is 0 Å². The predicted octanol–water partition coefficient (Wildman–Crippen LogP) is 4.58. The molecule has 120 valence electrons. The number of carboxylic acids is 1. The van der Waals surface area contributed by atoms with Crippen molar-refractivity contribution < 1.29 is 9.90 Å². The van der Waals surface area contributed by atoms with Gasteiger partial charge in [-0.25, -0.2) is 9.78 Å². The van der Waals surface area contributed by atoms with Crippen LogP contribution in [0.1, 0.15) is 15.9 Å². The van der Waals surface area contributed by atoms with Gasteiger partial charge in [-0.05, 0) is 42.8 Å². The van der Waals surface area contributed by atoms with Crippen molar-refractivity contribution in [2.75, 3.05) is 10.6 Å². The quantitative estimate of drug-likeness (QED) is 0.642. The summed E-state index contributed by atoms with van der Waals surface area (Å²) in [7, 11) is 0. The highest BCUT2D eigenvalue weighted by atomic mass is 16.4. The number of benzene rings is 2. The minimum atomic E-state index is -1.03. The number of nitrogens with zero attached hydrogens (tertiary/aromatic N) is 1. The van der Waals surface area contributed by atoms with Gasteiger partial charge in [0.1, 0.15) is 11.4 Å². The zero-order chi connectivity index (χ0) is 16.9. The Morgan fingerprint density at radius 1 is 0.917 bits per heavy atom. The van der Waals surface area contributed by atoms with Gasteiger partial charge in [-0.2, -0.15) is 0 Å². The molecule has 0 saturated heterocycles. The molecule has 3 N–H and O–H groups in total. The summed E-state index contributed by atoms with van der Waals surface area (Å²) in [5.74, 6) is -0.725. The van der Waals surface area contributed by atoms with Gasteiger partial charge in [0.15, 0.2) is 0 Å². The van der Waals surface area contributed by atoms with Crippen LogP contribution in [0, 0.1) is 6.92 Å². The molecule has 5 nitrogen and oxygen atoms in total. The molecule has 0 amide bonds. The molecule has 3 rings (SSSR count). The van der Waals surface area contributed by atoms with Gasteiger partial charge in [-0.15, -0.1) is 0 Å². The van der Waals surface area contributed by atoms with Crippen LogP contribution in [0.15, 0.2) is 66.9 Å². The van der Waals surface area contributed by atoms with Crippen molar-refractivity contribution in [1.29, 1.82) is 0 Å². The number of para-hydroxylation sites is 1. The van der Waals surface area contributed by atoms with E-state index in [0.29, 0.717) is 11.5 Å². The second kappa shape index (κ2) is 6.83. The van der Waals surface area contributed by atoms with E-state index < -0.39 is 5.97 Å². The number of hydrogen-bond donors (Lipinski definition) is 3. The van der Waals surface area contributed by atoms with Gasteiger partial charge in [-0.1, -0.05) is 30.3 Å². The maximum atomic E-state index is 11.6. The Morgan fingerprint density at radius 2 is 1.67 bits per heavy atom. The number of carbonyl (C=O) groups is 1. The fraction of sp³-hybridized carbons (Fsp3) is 0.0526. The molecule has 24 heavy (non-hydrogen) atoms. The molecule has 0 bridgehead atoms. The number of nitrogens with one attached hydrogen (secondary N) is 2. The smallest absolute Gasteiger partial charge is 0.339 e. The fourth-order valence-corrected chi connectivity index (χ4v) is 2.34. The van der Waals surface area contributed by atoms with Crippen molar-refractivity contribution in [3.05, 3.63) is 78.0 Å². The lowest BCUT2D eigenvalue weighted by atomic mass is 10.2. The Hall–Kier alpha value is -3.34. The summed E-state index contributed by atoms with van der Waals surface area (Å²) in [4.78, 5) is 15.8. The van der Waals surface area contributed by atoms with E-state index in [1.807, 2.05) is 61.5 Å². The fourth-order valence-electron chi connectivity index (χ4n) is 2.34. The van der Waals surface area contributed by atoms with Crippen LogP contribution in [0.5, 0.6) is 0 Å². The molecule has 0 unspecified atom stereocenters. The molecular formula is C19H17N3O2. The normalized spacial score (nSPS) is 10.2. The average molecular weight is 319 g/mol. The minimum Gasteiger partial charge on any atom is -0.478 e. The van der Waals surface area contributed by atoms with Crippen molar-refractivity contribution >= 4 is 28.8 Å². The molecule has 0 atom stereocenters. The van der Waals surface area contributed by atoms with E-state index in [4.69, 9.17) is 0 Å². The molecule has 0 aliphatic carbocycles. The molecule has 2 aromatic carbocycles. The second-order valence-corrected chi connectivity index (χ2v) is 5.41. The van der Waals surface area contributed by atoms with Crippen molar-refractivity contribution in [3.8, 4) is 0 Å². The number of aromatic carboxylic acids is 1. The number of carboxylic acid groups (broad SMARTS) is 1. The molecule has 0 aliphatic heterocycles. The lowest BCUT2D eigenvalue weighted by molar-refractivity contribution is 0.0697. The van der Waals surface area contributed by atoms with Gasteiger partial charge in [0.2, 0.25) is 0 Å². The zero-order valence-electron chi connectivity index (χ0n) is 13.2. The third kappa shape index (κ3) is 3.70. The molecule has 5 heteroatoms. The van der Waals surface area contributed by atoms with E-state index in [-0.39, 0.29) is 5.56 Å². The summed E-state index contributed by atoms with van der Waals surface area (Å²) in [5.41, 5.74) is 3.52. The van der Waals surface area contributed by atoms with Crippen LogP contribution in [0.4, 0.5) is 22.9 Å². The van der Waals surface area contributed by atoms with Crippen LogP contribution < -0.4 is 10.6 Å². The summed E-state index contributed by atoms with van der Waals surface area (Å²) in [6, 6.07) is 18.8. The van der Waals surface area contributed by atoms with Crippen LogP contribution >= 0.6 is 0 Å². The van der Waals surface area contributed by atoms with Crippen LogP contribution in [0.2, 0.25) is 0 Å². The zero-order valence-corrected chi connectivity index (χ0v) is 13.2. The average Bonchev–Trinajstić information content (AvgIpc) is 2.57. The van der Waals surface area contributed by atoms with Crippen LogP contribution in [-0.4, -0.2) is 16.1 Å². The topological polar surface area (TPSA) is 74.2 Å². The van der Waals surface area contributed by atoms with Gasteiger partial charge >= 0.3 is 5.97 Å². The van der Waals surface area contributed by atoms with E-state index in [9.17, 15) is 9.90 Å². The highest BCUT2D eigenvalue weighted by Gasteiger charge is 2.13. The van der Waals surface area contributed by atoms with Crippen LogP contribution in [0.25, 0.3) is 0 Å². The first-order valence-electron chi connectivity index (χ1n) is 7.51. The Kier molecular flexibility index (Phi) is 4.43. The molecular weight excluding hydrogens is 302 g/mol. The Balaban J connectivity index is 1.88. The van der Waals surface area contributed by atoms with Gasteiger partial charge in [-0.3, -0.25) is 0 Å². The molecule has 0 aliphatic rings. The minimum absolute atomic E-state index is 0.108. The van der Waals surface area contributed by atoms with Crippen molar-refractivity contribution in [3.63, 3.8) is 0 Å². The summed E-state index contributed by atoms with van der Waals surface area (Å²) in [6.07, 6.45) is 1.61. The summed E-state index contributed by atoms with van der Waals surface area (Å²) in [6.45, 7) is 2.00. The highest BCUT2D eigenvalue weighted by molar-refractivity contribution is 5.95. The monoisotopic (exact) mass is 319 g/mol. The lowest BCUT2D eigenvalue weighted by Gasteiger charge is -2.12. The van der Waals surface area contributed by atoms with Gasteiger partial charge in [0, 0.05) is 11.4 Å². The van der Waals surface area contributed by atoms with Crippen molar-refractivity contribution in [1.82, 2.24) is 4.98 Å². The molecule has 3 aromatic rings. The number of pyridine rings is 1. The first-order valence-corrected chi connectivity index (χ1v) is 7.51. The van der Waals surface area contributed by atoms with Crippen molar-refractivity contribution in [2.24, 2.45) is 0 Å². The van der Waals surface area contributed by atoms with Gasteiger partial charge in [0.05, 0.1) is 11.9 Å². The Labute approximate surface area is 140 Å². The standard InChI is InChI=1S/C19H17N3O2/c1-13-6-5-9-15(10-13)21-16-11-17(19(23)24)18(20-12-16)22-14-7-3-2-4-8-14/h2-12,21H,1H3,(H,20,22)(H,23,24). The molecule has 0 fully saturated rings. The van der Waals surface area contributed by atoms with E-state index in [0.717, 1.165) is 16.9 Å². The number of aromatic nitrogens is 1. The SMILES string of the molecule is Cc1cccc(Nc2cnc(Nc3ccccc3)c(C(=O)O)c2)c1. The van der Waals surface area contributed by atoms with Crippen LogP contribution in [-0.2, 0) is 0 Å². The first-order chi connectivity index (χ1) is 11.6. The maximum absolute atomic E-state index is 11.6. The maximum Gasteiger partial charge on any atom is 0.339 e. The van der Waals surface area contributed by atoms with E-state index in [1.165, 1.54) is 0 Å². The number of aryl methyl sites for hydroxylation is 1. The molecule has 0 spiro atoms. The summed E-state index contributed by atoms with van der Waals surface area (Å²) < 4.78 is 0. The highest BCUT2D eigenvalue weighted by Crippen LogP contribution is 2.24. The third-order valence-electron chi connectivity index (χ3n) is 3.46. The Bertz CT molecular complexity index is 863. The summed E-state index contributed by atoms with van der Waals surface area (Å²) >= 11 is 0. The van der Waals surface area contributed by atoms with E-state index in [1.54, 1.807) is 12.3 Å². The van der Waals surface area contributed by atoms with Gasteiger partial charge < -0.3 is 15.7 Å². The number of hydrogen-bond acceptors (Lipinski definition) is 4. The predicted molar refractivity (Wildman–Crippen MR) is 95.4 cm³/mol. The van der Waals surface area contributed by atoms with E-state index >= 15 is 0 Å². The molecule has 1 heterocycles. The van der Waals surface area contributed by atoms with Crippen molar-refractivity contribution in [2.45, 2.75) is 6.92 Å². The third-order valence-corrected chi connectivity index (χ3v) is 3.46. The number of rotatable bonds is 5. The van der Waals surface area contributed by atoms with Gasteiger partial charge in [0.25, 0.3) is 0 Å². The summed E-state index contributed by atoms with van der Waals surface area (Å²) in [5, 5.41) is 15.7. The lowest BCUT2D eigenvalue weighted by Crippen LogP contribution is -2.06. The van der Waals surface area contributed by atoms with E-state index in [2.05, 4.69) is 15.6 Å². The first kappa shape index (κ1) is 15.6. The Morgan fingerprint density at radius 3 is 2.38 bits per heavy atom. The molecule has 0 saturated carbocycles. The number of anilines is 4. The molecule has 1 aromatic heterocycles. The second-order valence-electron chi connectivity index (χ2n) is 5.41. The molecule has 0 radical (unpaired) electrons.